The SMILES string of the molecule is CC1(C)c2cc(Br)ccc2Oc2ccc(B3OC(C)(C)C(C)(C)O3)cc21. The van der Waals surface area contributed by atoms with E-state index >= 15 is 0 Å². The van der Waals surface area contributed by atoms with Crippen LogP contribution in [0.2, 0.25) is 0 Å². The molecule has 2 heterocycles. The van der Waals surface area contributed by atoms with Crippen molar-refractivity contribution in [2.24, 2.45) is 0 Å². The number of hydrogen-bond donors (Lipinski definition) is 0. The first kappa shape index (κ1) is 18.1. The molecule has 2 aromatic rings. The van der Waals surface area contributed by atoms with Crippen LogP contribution in [0.4, 0.5) is 0 Å². The highest BCUT2D eigenvalue weighted by molar-refractivity contribution is 9.10. The Labute approximate surface area is 164 Å². The fourth-order valence-electron chi connectivity index (χ4n) is 3.59. The Morgan fingerprint density at radius 2 is 1.31 bits per heavy atom. The maximum absolute atomic E-state index is 6.23. The third-order valence-corrected chi connectivity index (χ3v) is 6.53. The van der Waals surface area contributed by atoms with Crippen LogP contribution in [0.15, 0.2) is 40.9 Å². The molecule has 0 saturated carbocycles. The molecule has 5 heteroatoms. The second kappa shape index (κ2) is 5.60. The van der Waals surface area contributed by atoms with Gasteiger partial charge in [-0.1, -0.05) is 41.9 Å². The molecule has 136 valence electrons. The maximum Gasteiger partial charge on any atom is 0.494 e. The third-order valence-electron chi connectivity index (χ3n) is 6.04. The summed E-state index contributed by atoms with van der Waals surface area (Å²) in [6.45, 7) is 12.8. The molecule has 1 saturated heterocycles. The van der Waals surface area contributed by atoms with Crippen molar-refractivity contribution >= 4 is 28.5 Å². The molecular formula is C21H24BBrO3. The van der Waals surface area contributed by atoms with Crippen molar-refractivity contribution in [1.29, 1.82) is 0 Å². The molecule has 0 amide bonds. The summed E-state index contributed by atoms with van der Waals surface area (Å²) in [4.78, 5) is 0. The standard InChI is InChI=1S/C21H24BBrO3/c1-19(2)15-11-13(22-25-20(3,4)21(5,6)26-22)7-9-17(15)24-18-10-8-14(23)12-16(18)19/h7-12H,1-6H3. The average molecular weight is 415 g/mol. The van der Waals surface area contributed by atoms with Crippen molar-refractivity contribution in [3.8, 4) is 11.5 Å². The summed E-state index contributed by atoms with van der Waals surface area (Å²) in [5.74, 6) is 1.80. The Bertz CT molecular complexity index is 873. The van der Waals surface area contributed by atoms with E-state index in [0.717, 1.165) is 27.0 Å². The van der Waals surface area contributed by atoms with Crippen LogP contribution in [0, 0.1) is 0 Å². The fourth-order valence-corrected chi connectivity index (χ4v) is 3.96. The van der Waals surface area contributed by atoms with Gasteiger partial charge in [0.1, 0.15) is 11.5 Å². The zero-order valence-electron chi connectivity index (χ0n) is 16.1. The maximum atomic E-state index is 6.23. The molecule has 3 nitrogen and oxygen atoms in total. The Kier molecular flexibility index (Phi) is 3.90. The van der Waals surface area contributed by atoms with Crippen LogP contribution in [0.1, 0.15) is 52.7 Å². The van der Waals surface area contributed by atoms with E-state index in [2.05, 4.69) is 69.6 Å². The van der Waals surface area contributed by atoms with Crippen LogP contribution in [0.25, 0.3) is 0 Å². The van der Waals surface area contributed by atoms with Gasteiger partial charge in [0.25, 0.3) is 0 Å². The second-order valence-electron chi connectivity index (χ2n) is 8.71. The largest absolute Gasteiger partial charge is 0.494 e. The van der Waals surface area contributed by atoms with Crippen molar-refractivity contribution < 1.29 is 14.0 Å². The second-order valence-corrected chi connectivity index (χ2v) is 9.63. The van der Waals surface area contributed by atoms with E-state index in [1.54, 1.807) is 0 Å². The minimum absolute atomic E-state index is 0.174. The van der Waals surface area contributed by atoms with E-state index < -0.39 is 0 Å². The number of halogens is 1. The van der Waals surface area contributed by atoms with Gasteiger partial charge in [-0.25, -0.2) is 0 Å². The molecule has 0 atom stereocenters. The molecule has 0 aliphatic carbocycles. The van der Waals surface area contributed by atoms with Gasteiger partial charge in [0.15, 0.2) is 0 Å². The van der Waals surface area contributed by atoms with Crippen LogP contribution >= 0.6 is 15.9 Å². The first-order valence-electron chi connectivity index (χ1n) is 8.99. The van der Waals surface area contributed by atoms with E-state index in [1.165, 1.54) is 5.56 Å². The fraction of sp³-hybridized carbons (Fsp3) is 0.429. The average Bonchev–Trinajstić information content (AvgIpc) is 2.76. The monoisotopic (exact) mass is 414 g/mol. The third kappa shape index (κ3) is 2.64. The predicted octanol–water partition coefficient (Wildman–Crippen LogP) is 5.18. The summed E-state index contributed by atoms with van der Waals surface area (Å²) < 4.78 is 19.7. The van der Waals surface area contributed by atoms with E-state index in [9.17, 15) is 0 Å². The first-order valence-corrected chi connectivity index (χ1v) is 9.78. The highest BCUT2D eigenvalue weighted by Gasteiger charge is 2.52. The van der Waals surface area contributed by atoms with Crippen molar-refractivity contribution in [2.75, 3.05) is 0 Å². The zero-order valence-corrected chi connectivity index (χ0v) is 17.7. The molecule has 4 rings (SSSR count). The molecule has 1 fully saturated rings. The van der Waals surface area contributed by atoms with Crippen molar-refractivity contribution in [3.05, 3.63) is 52.0 Å². The number of ether oxygens (including phenoxy) is 1. The Morgan fingerprint density at radius 3 is 1.92 bits per heavy atom. The normalized spacial score (nSPS) is 21.7. The van der Waals surface area contributed by atoms with Gasteiger partial charge < -0.3 is 14.0 Å². The number of rotatable bonds is 1. The number of fused-ring (bicyclic) bond motifs is 2. The Balaban J connectivity index is 1.76. The van der Waals surface area contributed by atoms with Crippen LogP contribution < -0.4 is 10.2 Å². The van der Waals surface area contributed by atoms with Gasteiger partial charge in [-0.05, 0) is 57.4 Å². The van der Waals surface area contributed by atoms with Gasteiger partial charge in [-0.15, -0.1) is 0 Å². The molecule has 0 aromatic heterocycles. The molecule has 0 N–H and O–H groups in total. The van der Waals surface area contributed by atoms with Crippen molar-refractivity contribution in [1.82, 2.24) is 0 Å². The summed E-state index contributed by atoms with van der Waals surface area (Å²) in [6.07, 6.45) is 0. The molecule has 2 aromatic carbocycles. The molecule has 0 spiro atoms. The summed E-state index contributed by atoms with van der Waals surface area (Å²) in [5, 5.41) is 0. The van der Waals surface area contributed by atoms with Crippen LogP contribution in [0.5, 0.6) is 11.5 Å². The Hall–Kier alpha value is -1.30. The number of benzene rings is 2. The Morgan fingerprint density at radius 1 is 0.769 bits per heavy atom. The van der Waals surface area contributed by atoms with Gasteiger partial charge in [0.2, 0.25) is 0 Å². The van der Waals surface area contributed by atoms with Gasteiger partial charge in [-0.2, -0.15) is 0 Å². The van der Waals surface area contributed by atoms with E-state index in [4.69, 9.17) is 14.0 Å². The van der Waals surface area contributed by atoms with Crippen LogP contribution in [-0.2, 0) is 14.7 Å². The summed E-state index contributed by atoms with van der Waals surface area (Å²) in [7, 11) is -0.370. The highest BCUT2D eigenvalue weighted by atomic mass is 79.9. The lowest BCUT2D eigenvalue weighted by molar-refractivity contribution is 0.00578. The lowest BCUT2D eigenvalue weighted by Gasteiger charge is -2.35. The summed E-state index contributed by atoms with van der Waals surface area (Å²) in [6, 6.07) is 12.4. The molecular weight excluding hydrogens is 391 g/mol. The van der Waals surface area contributed by atoms with Gasteiger partial charge >= 0.3 is 7.12 Å². The van der Waals surface area contributed by atoms with Crippen molar-refractivity contribution in [3.63, 3.8) is 0 Å². The minimum atomic E-state index is -0.370. The van der Waals surface area contributed by atoms with E-state index in [1.807, 2.05) is 24.3 Å². The minimum Gasteiger partial charge on any atom is -0.457 e. The van der Waals surface area contributed by atoms with Crippen LogP contribution in [0.3, 0.4) is 0 Å². The lowest BCUT2D eigenvalue weighted by Crippen LogP contribution is -2.41. The molecule has 2 aliphatic rings. The summed E-state index contributed by atoms with van der Waals surface area (Å²) >= 11 is 3.58. The molecule has 2 aliphatic heterocycles. The van der Waals surface area contributed by atoms with Crippen molar-refractivity contribution in [2.45, 2.75) is 58.2 Å². The highest BCUT2D eigenvalue weighted by Crippen LogP contribution is 2.48. The molecule has 0 bridgehead atoms. The predicted molar refractivity (Wildman–Crippen MR) is 109 cm³/mol. The molecule has 0 radical (unpaired) electrons. The van der Waals surface area contributed by atoms with Gasteiger partial charge in [0.05, 0.1) is 11.2 Å². The van der Waals surface area contributed by atoms with E-state index in [0.29, 0.717) is 0 Å². The van der Waals surface area contributed by atoms with Crippen LogP contribution in [-0.4, -0.2) is 18.3 Å². The zero-order chi connectivity index (χ0) is 18.9. The topological polar surface area (TPSA) is 27.7 Å². The molecule has 0 unspecified atom stereocenters. The summed E-state index contributed by atoms with van der Waals surface area (Å²) in [5.41, 5.74) is 2.47. The number of hydrogen-bond acceptors (Lipinski definition) is 3. The first-order chi connectivity index (χ1) is 12.0. The smallest absolute Gasteiger partial charge is 0.457 e. The van der Waals surface area contributed by atoms with E-state index in [-0.39, 0.29) is 23.7 Å². The quantitative estimate of drug-likeness (QED) is 0.601. The lowest BCUT2D eigenvalue weighted by atomic mass is 9.71. The molecule has 26 heavy (non-hydrogen) atoms. The van der Waals surface area contributed by atoms with Gasteiger partial charge in [0, 0.05) is 21.0 Å². The van der Waals surface area contributed by atoms with Gasteiger partial charge in [-0.3, -0.25) is 0 Å².